The van der Waals surface area contributed by atoms with Crippen LogP contribution >= 0.6 is 23.2 Å². The number of hydrogen-bond acceptors (Lipinski definition) is 3. The molecule has 0 aliphatic carbocycles. The fraction of sp³-hybridized carbons (Fsp3) is 0.143. The van der Waals surface area contributed by atoms with Crippen molar-refractivity contribution in [2.24, 2.45) is 12.8 Å². The third-order valence-electron chi connectivity index (χ3n) is 7.00. The summed E-state index contributed by atoms with van der Waals surface area (Å²) in [5.74, 6) is 0. The number of nitrogens with zero attached hydrogens (tertiary/aromatic N) is 3. The van der Waals surface area contributed by atoms with Gasteiger partial charge in [0.25, 0.3) is 5.56 Å². The average molecular weight is 501 g/mol. The lowest BCUT2D eigenvalue weighted by Gasteiger charge is -2.32. The van der Waals surface area contributed by atoms with E-state index >= 15 is 0 Å². The average Bonchev–Trinajstić information content (AvgIpc) is 3.48. The molecule has 0 fully saturated rings. The van der Waals surface area contributed by atoms with E-state index in [2.05, 4.69) is 17.1 Å². The predicted molar refractivity (Wildman–Crippen MR) is 141 cm³/mol. The van der Waals surface area contributed by atoms with Gasteiger partial charge >= 0.3 is 0 Å². The summed E-state index contributed by atoms with van der Waals surface area (Å²) in [6.07, 6.45) is 4.32. The molecule has 5 aromatic rings. The number of hydrogen-bond donors (Lipinski definition) is 1. The highest BCUT2D eigenvalue weighted by Gasteiger charge is 2.36. The Kier molecular flexibility index (Phi) is 5.11. The highest BCUT2D eigenvalue weighted by atomic mass is 35.5. The van der Waals surface area contributed by atoms with Crippen molar-refractivity contribution in [3.63, 3.8) is 0 Å². The highest BCUT2D eigenvalue weighted by molar-refractivity contribution is 6.31. The standard InChI is InChI=1S/C28H22Cl2N4O/c1-33-16-32-15-25(33)28(31,19-5-7-21(29)8-6-19)20-11-18-9-10-34-26(35)14-23(24(13-20)27(18)34)17-3-2-4-22(30)12-17/h2-8,11-16H,9-10,31H2,1H3. The molecular weight excluding hydrogens is 479 g/mol. The van der Waals surface area contributed by atoms with E-state index in [1.54, 1.807) is 18.6 Å². The summed E-state index contributed by atoms with van der Waals surface area (Å²) in [5, 5.41) is 2.24. The first-order valence-corrected chi connectivity index (χ1v) is 12.1. The predicted octanol–water partition coefficient (Wildman–Crippen LogP) is 5.52. The Morgan fingerprint density at radius 1 is 0.971 bits per heavy atom. The van der Waals surface area contributed by atoms with Crippen molar-refractivity contribution >= 4 is 34.1 Å². The Balaban J connectivity index is 1.70. The largest absolute Gasteiger partial charge is 0.336 e. The summed E-state index contributed by atoms with van der Waals surface area (Å²) in [6.45, 7) is 0.647. The Morgan fingerprint density at radius 2 is 1.77 bits per heavy atom. The molecule has 0 bridgehead atoms. The number of halogens is 2. The Morgan fingerprint density at radius 3 is 2.49 bits per heavy atom. The molecule has 1 aliphatic heterocycles. The van der Waals surface area contributed by atoms with Crippen LogP contribution in [0, 0.1) is 0 Å². The number of nitrogens with two attached hydrogens (primary N) is 1. The second kappa shape index (κ2) is 8.09. The quantitative estimate of drug-likeness (QED) is 0.353. The summed E-state index contributed by atoms with van der Waals surface area (Å²) in [7, 11) is 1.94. The van der Waals surface area contributed by atoms with Gasteiger partial charge in [-0.3, -0.25) is 4.79 Å². The maximum absolute atomic E-state index is 13.0. The van der Waals surface area contributed by atoms with E-state index in [1.165, 1.54) is 0 Å². The van der Waals surface area contributed by atoms with Crippen LogP contribution in [0.25, 0.3) is 22.0 Å². The zero-order valence-corrected chi connectivity index (χ0v) is 20.5. The summed E-state index contributed by atoms with van der Waals surface area (Å²) < 4.78 is 3.80. The lowest BCUT2D eigenvalue weighted by Crippen LogP contribution is -2.41. The minimum atomic E-state index is -0.990. The highest BCUT2D eigenvalue weighted by Crippen LogP contribution is 2.40. The van der Waals surface area contributed by atoms with Crippen LogP contribution in [0.2, 0.25) is 10.0 Å². The van der Waals surface area contributed by atoms with Crippen LogP contribution in [-0.2, 0) is 25.6 Å². The van der Waals surface area contributed by atoms with Gasteiger partial charge in [0.15, 0.2) is 0 Å². The van der Waals surface area contributed by atoms with Crippen molar-refractivity contribution in [3.8, 4) is 11.1 Å². The maximum atomic E-state index is 13.0. The van der Waals surface area contributed by atoms with Gasteiger partial charge < -0.3 is 14.9 Å². The summed E-state index contributed by atoms with van der Waals surface area (Å²) in [4.78, 5) is 17.4. The molecule has 0 radical (unpaired) electrons. The second-order valence-electron chi connectivity index (χ2n) is 9.04. The van der Waals surface area contributed by atoms with Gasteiger partial charge in [-0.1, -0.05) is 53.5 Å². The van der Waals surface area contributed by atoms with Crippen molar-refractivity contribution < 1.29 is 0 Å². The van der Waals surface area contributed by atoms with Gasteiger partial charge in [0.1, 0.15) is 5.54 Å². The molecule has 2 aromatic heterocycles. The van der Waals surface area contributed by atoms with Crippen molar-refractivity contribution in [1.29, 1.82) is 0 Å². The zero-order chi connectivity index (χ0) is 24.3. The van der Waals surface area contributed by atoms with E-state index in [4.69, 9.17) is 28.9 Å². The Hall–Kier alpha value is -3.38. The van der Waals surface area contributed by atoms with Gasteiger partial charge in [-0.15, -0.1) is 0 Å². The Bertz CT molecular complexity index is 1670. The number of benzene rings is 3. The molecule has 7 heteroatoms. The smallest absolute Gasteiger partial charge is 0.251 e. The van der Waals surface area contributed by atoms with Gasteiger partial charge in [0, 0.05) is 35.1 Å². The third kappa shape index (κ3) is 3.42. The van der Waals surface area contributed by atoms with Crippen LogP contribution < -0.4 is 11.3 Å². The lowest BCUT2D eigenvalue weighted by atomic mass is 9.79. The first-order chi connectivity index (χ1) is 16.9. The van der Waals surface area contributed by atoms with Gasteiger partial charge in [-0.05, 0) is 64.6 Å². The van der Waals surface area contributed by atoms with E-state index in [-0.39, 0.29) is 5.56 Å². The summed E-state index contributed by atoms with van der Waals surface area (Å²) >= 11 is 12.5. The van der Waals surface area contributed by atoms with Crippen molar-refractivity contribution in [2.75, 3.05) is 0 Å². The van der Waals surface area contributed by atoms with Crippen LogP contribution in [0.1, 0.15) is 22.4 Å². The molecule has 3 aromatic carbocycles. The minimum absolute atomic E-state index is 0.0117. The topological polar surface area (TPSA) is 65.8 Å². The molecule has 6 rings (SSSR count). The molecule has 3 heterocycles. The molecule has 1 unspecified atom stereocenters. The van der Waals surface area contributed by atoms with Gasteiger partial charge in [-0.25, -0.2) is 4.98 Å². The minimum Gasteiger partial charge on any atom is -0.336 e. The van der Waals surface area contributed by atoms with Crippen molar-refractivity contribution in [2.45, 2.75) is 18.5 Å². The van der Waals surface area contributed by atoms with E-state index in [0.717, 1.165) is 50.8 Å². The van der Waals surface area contributed by atoms with E-state index in [1.807, 2.05) is 64.7 Å². The molecular formula is C28H22Cl2N4O. The normalized spacial score (nSPS) is 14.4. The van der Waals surface area contributed by atoms with E-state index in [0.29, 0.717) is 16.6 Å². The van der Waals surface area contributed by atoms with Crippen LogP contribution in [0.5, 0.6) is 0 Å². The third-order valence-corrected chi connectivity index (χ3v) is 7.49. The molecule has 0 saturated heterocycles. The second-order valence-corrected chi connectivity index (χ2v) is 9.92. The van der Waals surface area contributed by atoms with Gasteiger partial charge in [0.05, 0.1) is 23.7 Å². The lowest BCUT2D eigenvalue weighted by molar-refractivity contribution is 0.596. The number of rotatable bonds is 4. The Labute approximate surface area is 212 Å². The van der Waals surface area contributed by atoms with Crippen LogP contribution in [0.15, 0.2) is 84.0 Å². The summed E-state index contributed by atoms with van der Waals surface area (Å²) in [5.41, 5.74) is 12.8. The monoisotopic (exact) mass is 500 g/mol. The maximum Gasteiger partial charge on any atom is 0.251 e. The molecule has 2 N–H and O–H groups in total. The number of imidazole rings is 1. The molecule has 1 atom stereocenters. The molecule has 0 amide bonds. The zero-order valence-electron chi connectivity index (χ0n) is 19.0. The number of aromatic nitrogens is 3. The van der Waals surface area contributed by atoms with Crippen LogP contribution in [0.3, 0.4) is 0 Å². The van der Waals surface area contributed by atoms with Gasteiger partial charge in [-0.2, -0.15) is 0 Å². The van der Waals surface area contributed by atoms with Crippen LogP contribution in [0.4, 0.5) is 0 Å². The van der Waals surface area contributed by atoms with Crippen molar-refractivity contribution in [1.82, 2.24) is 14.1 Å². The fourth-order valence-corrected chi connectivity index (χ4v) is 5.60. The number of aryl methyl sites for hydroxylation is 3. The molecule has 174 valence electrons. The van der Waals surface area contributed by atoms with E-state index < -0.39 is 5.54 Å². The molecule has 1 aliphatic rings. The fourth-order valence-electron chi connectivity index (χ4n) is 5.29. The van der Waals surface area contributed by atoms with Crippen LogP contribution in [-0.4, -0.2) is 14.1 Å². The molecule has 0 saturated carbocycles. The van der Waals surface area contributed by atoms with Crippen molar-refractivity contribution in [3.05, 3.63) is 122 Å². The molecule has 5 nitrogen and oxygen atoms in total. The van der Waals surface area contributed by atoms with E-state index in [9.17, 15) is 4.79 Å². The SMILES string of the molecule is Cn1cncc1C(N)(c1ccc(Cl)cc1)c1cc2c3c(c1)c(-c1cccc(Cl)c1)cc(=O)n3CC2. The molecule has 0 spiro atoms. The molecule has 35 heavy (non-hydrogen) atoms. The summed E-state index contributed by atoms with van der Waals surface area (Å²) in [6, 6.07) is 21.2. The van der Waals surface area contributed by atoms with Gasteiger partial charge in [0.2, 0.25) is 0 Å². The first kappa shape index (κ1) is 22.1. The first-order valence-electron chi connectivity index (χ1n) is 11.3. The number of pyridine rings is 1.